The molecule has 0 spiro atoms. The van der Waals surface area contributed by atoms with Gasteiger partial charge in [-0.25, -0.2) is 4.79 Å². The molecule has 0 saturated carbocycles. The van der Waals surface area contributed by atoms with Gasteiger partial charge >= 0.3 is 5.97 Å². The number of aliphatic hydroxyl groups is 4. The summed E-state index contributed by atoms with van der Waals surface area (Å²) < 4.78 is 10.8. The first kappa shape index (κ1) is 20.5. The molecule has 1 heterocycles. The van der Waals surface area contributed by atoms with Gasteiger partial charge in [0.1, 0.15) is 30.2 Å². The number of rotatable bonds is 5. The van der Waals surface area contributed by atoms with Crippen LogP contribution in [-0.2, 0) is 4.74 Å². The summed E-state index contributed by atoms with van der Waals surface area (Å²) in [5, 5.41) is 48.1. The zero-order chi connectivity index (χ0) is 20.4. The molecule has 0 amide bonds. The lowest BCUT2D eigenvalue weighted by Gasteiger charge is -2.39. The Morgan fingerprint density at radius 3 is 2.29 bits per heavy atom. The van der Waals surface area contributed by atoms with Crippen LogP contribution in [0.3, 0.4) is 0 Å². The highest BCUT2D eigenvalue weighted by molar-refractivity contribution is 6.33. The third kappa shape index (κ3) is 4.12. The number of carbonyl (C=O) groups is 1. The Kier molecular flexibility index (Phi) is 6.19. The van der Waals surface area contributed by atoms with Crippen molar-refractivity contribution in [3.63, 3.8) is 0 Å². The normalized spacial score (nSPS) is 27.4. The van der Waals surface area contributed by atoms with E-state index >= 15 is 0 Å². The Hall–Kier alpha value is -2.20. The highest BCUT2D eigenvalue weighted by Gasteiger charge is 2.44. The van der Waals surface area contributed by atoms with Crippen LogP contribution < -0.4 is 4.74 Å². The van der Waals surface area contributed by atoms with Crippen LogP contribution in [0.5, 0.6) is 5.75 Å². The minimum absolute atomic E-state index is 0.155. The number of aliphatic hydroxyl groups excluding tert-OH is 4. The maximum absolute atomic E-state index is 10.9. The summed E-state index contributed by atoms with van der Waals surface area (Å²) in [5.74, 6) is -0.791. The second-order valence-electron chi connectivity index (χ2n) is 6.34. The van der Waals surface area contributed by atoms with Gasteiger partial charge < -0.3 is 35.0 Å². The fourth-order valence-corrected chi connectivity index (χ4v) is 3.17. The van der Waals surface area contributed by atoms with Crippen molar-refractivity contribution in [2.75, 3.05) is 6.61 Å². The van der Waals surface area contributed by atoms with Crippen LogP contribution in [0.4, 0.5) is 0 Å². The van der Waals surface area contributed by atoms with E-state index in [4.69, 9.17) is 26.2 Å². The van der Waals surface area contributed by atoms with Crippen LogP contribution in [0.1, 0.15) is 10.4 Å². The molecule has 9 heteroatoms. The third-order valence-corrected chi connectivity index (χ3v) is 4.80. The van der Waals surface area contributed by atoms with Gasteiger partial charge in [0.05, 0.1) is 17.2 Å². The smallest absolute Gasteiger partial charge is 0.335 e. The standard InChI is InChI=1S/C19H19ClO8/c20-13-7-11(27-19-17(24)16(23)15(22)14(8-21)28-19)5-6-12(13)9-1-3-10(4-2-9)18(25)26/h1-7,14-17,19,21-24H,8H2,(H,25,26)/t14?,15-,16?,17?,19?/m1/s1. The van der Waals surface area contributed by atoms with Crippen LogP contribution in [0, 0.1) is 0 Å². The Morgan fingerprint density at radius 2 is 1.71 bits per heavy atom. The molecule has 5 atom stereocenters. The first-order chi connectivity index (χ1) is 13.3. The van der Waals surface area contributed by atoms with Gasteiger partial charge in [-0.3, -0.25) is 0 Å². The molecule has 8 nitrogen and oxygen atoms in total. The largest absolute Gasteiger partial charge is 0.478 e. The second-order valence-corrected chi connectivity index (χ2v) is 6.75. The minimum Gasteiger partial charge on any atom is -0.478 e. The first-order valence-electron chi connectivity index (χ1n) is 8.42. The third-order valence-electron chi connectivity index (χ3n) is 4.48. The molecule has 150 valence electrons. The zero-order valence-electron chi connectivity index (χ0n) is 14.5. The summed E-state index contributed by atoms with van der Waals surface area (Å²) in [6.07, 6.45) is -6.93. The van der Waals surface area contributed by atoms with Gasteiger partial charge in [-0.15, -0.1) is 0 Å². The molecule has 2 aromatic carbocycles. The van der Waals surface area contributed by atoms with Crippen molar-refractivity contribution in [3.8, 4) is 16.9 Å². The van der Waals surface area contributed by atoms with Crippen LogP contribution >= 0.6 is 11.6 Å². The Morgan fingerprint density at radius 1 is 1.04 bits per heavy atom. The van der Waals surface area contributed by atoms with Gasteiger partial charge in [-0.05, 0) is 35.9 Å². The number of carboxylic acid groups (broad SMARTS) is 1. The maximum atomic E-state index is 10.9. The molecule has 0 bridgehead atoms. The van der Waals surface area contributed by atoms with Crippen LogP contribution in [-0.4, -0.2) is 68.8 Å². The number of carboxylic acids is 1. The second kappa shape index (κ2) is 8.44. The number of aromatic carboxylic acids is 1. The Bertz CT molecular complexity index is 838. The van der Waals surface area contributed by atoms with E-state index in [9.17, 15) is 25.2 Å². The van der Waals surface area contributed by atoms with E-state index in [0.717, 1.165) is 0 Å². The van der Waals surface area contributed by atoms with E-state index in [-0.39, 0.29) is 11.3 Å². The van der Waals surface area contributed by atoms with Crippen molar-refractivity contribution in [1.82, 2.24) is 0 Å². The van der Waals surface area contributed by atoms with Crippen molar-refractivity contribution >= 4 is 17.6 Å². The van der Waals surface area contributed by atoms with Crippen molar-refractivity contribution in [2.45, 2.75) is 30.7 Å². The molecule has 0 aliphatic carbocycles. The summed E-state index contributed by atoms with van der Waals surface area (Å²) in [5.41, 5.74) is 1.50. The predicted octanol–water partition coefficient (Wildman–Crippen LogP) is 0.884. The van der Waals surface area contributed by atoms with Crippen molar-refractivity contribution < 1.29 is 39.8 Å². The fraction of sp³-hybridized carbons (Fsp3) is 0.316. The number of hydrogen-bond acceptors (Lipinski definition) is 7. The maximum Gasteiger partial charge on any atom is 0.335 e. The topological polar surface area (TPSA) is 137 Å². The summed E-state index contributed by atoms with van der Waals surface area (Å²) in [6, 6.07) is 10.9. The molecule has 4 unspecified atom stereocenters. The number of halogens is 1. The molecular formula is C19H19ClO8. The van der Waals surface area contributed by atoms with Gasteiger partial charge in [0.15, 0.2) is 0 Å². The molecule has 28 heavy (non-hydrogen) atoms. The van der Waals surface area contributed by atoms with E-state index in [1.807, 2.05) is 0 Å². The van der Waals surface area contributed by atoms with E-state index in [0.29, 0.717) is 16.1 Å². The van der Waals surface area contributed by atoms with Crippen molar-refractivity contribution in [3.05, 3.63) is 53.1 Å². The van der Waals surface area contributed by atoms with Crippen LogP contribution in [0.2, 0.25) is 5.02 Å². The van der Waals surface area contributed by atoms with Crippen molar-refractivity contribution in [2.24, 2.45) is 0 Å². The van der Waals surface area contributed by atoms with Crippen LogP contribution in [0.25, 0.3) is 11.1 Å². The highest BCUT2D eigenvalue weighted by Crippen LogP contribution is 2.33. The molecule has 5 N–H and O–H groups in total. The SMILES string of the molecule is O=C(O)c1ccc(-c2ccc(OC3OC(CO)[C@@H](O)C(O)C3O)cc2Cl)cc1. The molecule has 0 aromatic heterocycles. The van der Waals surface area contributed by atoms with Gasteiger partial charge in [0.25, 0.3) is 0 Å². The average molecular weight is 411 g/mol. The number of ether oxygens (including phenoxy) is 2. The Balaban J connectivity index is 1.78. The highest BCUT2D eigenvalue weighted by atomic mass is 35.5. The molecule has 1 saturated heterocycles. The summed E-state index contributed by atoms with van der Waals surface area (Å²) >= 11 is 6.30. The molecule has 1 fully saturated rings. The first-order valence-corrected chi connectivity index (χ1v) is 8.80. The summed E-state index contributed by atoms with van der Waals surface area (Å²) in [4.78, 5) is 10.9. The minimum atomic E-state index is -1.54. The monoisotopic (exact) mass is 410 g/mol. The summed E-state index contributed by atoms with van der Waals surface area (Å²) in [6.45, 7) is -0.559. The lowest BCUT2D eigenvalue weighted by molar-refractivity contribution is -0.277. The van der Waals surface area contributed by atoms with Crippen LogP contribution in [0.15, 0.2) is 42.5 Å². The predicted molar refractivity (Wildman–Crippen MR) is 98.2 cm³/mol. The Labute approximate surface area is 165 Å². The molecule has 2 aromatic rings. The van der Waals surface area contributed by atoms with Gasteiger partial charge in [0.2, 0.25) is 6.29 Å². The van der Waals surface area contributed by atoms with E-state index in [1.165, 1.54) is 18.2 Å². The molecule has 3 rings (SSSR count). The molecule has 1 aliphatic rings. The lowest BCUT2D eigenvalue weighted by Crippen LogP contribution is -2.60. The summed E-state index contributed by atoms with van der Waals surface area (Å²) in [7, 11) is 0. The zero-order valence-corrected chi connectivity index (χ0v) is 15.2. The quantitative estimate of drug-likeness (QED) is 0.490. The number of hydrogen-bond donors (Lipinski definition) is 5. The molecule has 0 radical (unpaired) electrons. The van der Waals surface area contributed by atoms with E-state index in [2.05, 4.69) is 0 Å². The van der Waals surface area contributed by atoms with Crippen molar-refractivity contribution in [1.29, 1.82) is 0 Å². The fourth-order valence-electron chi connectivity index (χ4n) is 2.89. The van der Waals surface area contributed by atoms with E-state index in [1.54, 1.807) is 24.3 Å². The van der Waals surface area contributed by atoms with Gasteiger partial charge in [-0.1, -0.05) is 23.7 Å². The molecule has 1 aliphatic heterocycles. The number of benzene rings is 2. The lowest BCUT2D eigenvalue weighted by atomic mass is 9.99. The molecular weight excluding hydrogens is 392 g/mol. The van der Waals surface area contributed by atoms with E-state index < -0.39 is 43.3 Å². The average Bonchev–Trinajstić information content (AvgIpc) is 2.68. The van der Waals surface area contributed by atoms with Gasteiger partial charge in [0, 0.05) is 5.56 Å². The van der Waals surface area contributed by atoms with Gasteiger partial charge in [-0.2, -0.15) is 0 Å².